The van der Waals surface area contributed by atoms with Gasteiger partial charge in [-0.3, -0.25) is 14.2 Å². The van der Waals surface area contributed by atoms with Crippen molar-refractivity contribution in [3.63, 3.8) is 0 Å². The summed E-state index contributed by atoms with van der Waals surface area (Å²) in [5, 5.41) is 4.19. The Balaban J connectivity index is 2.15. The zero-order valence-corrected chi connectivity index (χ0v) is 10.8. The minimum absolute atomic E-state index is 0.491. The minimum atomic E-state index is -0.588. The summed E-state index contributed by atoms with van der Waals surface area (Å²) in [5.41, 5.74) is 1.05. The molecule has 0 spiro atoms. The number of aromatic nitrogens is 3. The molecule has 1 aromatic heterocycles. The third kappa shape index (κ3) is 1.76. The molecule has 0 aliphatic carbocycles. The van der Waals surface area contributed by atoms with Gasteiger partial charge >= 0.3 is 11.1 Å². The molecule has 19 heavy (non-hydrogen) atoms. The first kappa shape index (κ1) is 11.7. The van der Waals surface area contributed by atoms with E-state index in [4.69, 9.17) is 0 Å². The van der Waals surface area contributed by atoms with E-state index < -0.39 is 11.1 Å². The van der Waals surface area contributed by atoms with Crippen LogP contribution in [0.5, 0.6) is 0 Å². The highest BCUT2D eigenvalue weighted by Gasteiger charge is 2.24. The second-order valence-electron chi connectivity index (χ2n) is 4.67. The lowest BCUT2D eigenvalue weighted by Crippen LogP contribution is -2.41. The van der Waals surface area contributed by atoms with E-state index in [1.54, 1.807) is 0 Å². The van der Waals surface area contributed by atoms with Crippen molar-refractivity contribution in [1.82, 2.24) is 14.3 Å². The Hall–Kier alpha value is -2.37. The molecule has 0 atom stereocenters. The van der Waals surface area contributed by atoms with Crippen LogP contribution < -0.4 is 16.0 Å². The summed E-state index contributed by atoms with van der Waals surface area (Å²) in [6.07, 6.45) is 0. The number of hydrogen-bond donors (Lipinski definition) is 0. The van der Waals surface area contributed by atoms with Gasteiger partial charge < -0.3 is 4.90 Å². The van der Waals surface area contributed by atoms with Crippen molar-refractivity contribution in [3.8, 4) is 0 Å². The summed E-state index contributed by atoms with van der Waals surface area (Å²) in [6.45, 7) is 3.16. The molecule has 0 fully saturated rings. The number of aryl methyl sites for hydroxylation is 2. The zero-order valence-electron chi connectivity index (χ0n) is 10.8. The van der Waals surface area contributed by atoms with Gasteiger partial charge in [0.05, 0.1) is 0 Å². The van der Waals surface area contributed by atoms with Gasteiger partial charge in [-0.25, -0.2) is 4.68 Å². The van der Waals surface area contributed by atoms with Crippen molar-refractivity contribution in [2.75, 3.05) is 11.4 Å². The molecular formula is C13H14N4O2. The van der Waals surface area contributed by atoms with E-state index in [1.807, 2.05) is 36.1 Å². The molecule has 0 bridgehead atoms. The summed E-state index contributed by atoms with van der Waals surface area (Å²) in [4.78, 5) is 25.4. The molecule has 0 radical (unpaired) electrons. The SMILES string of the molecule is Cc1ccc(N2CCn3c2nn(C)c(=O)c3=O)cc1. The van der Waals surface area contributed by atoms with Gasteiger partial charge in [0.1, 0.15) is 0 Å². The summed E-state index contributed by atoms with van der Waals surface area (Å²) in [5.74, 6) is 0.524. The van der Waals surface area contributed by atoms with Crippen LogP contribution in [-0.2, 0) is 13.6 Å². The number of anilines is 2. The molecule has 6 heteroatoms. The average Bonchev–Trinajstić information content (AvgIpc) is 2.81. The summed E-state index contributed by atoms with van der Waals surface area (Å²) < 4.78 is 2.53. The van der Waals surface area contributed by atoms with Crippen LogP contribution in [0.2, 0.25) is 0 Å². The Morgan fingerprint density at radius 1 is 1.05 bits per heavy atom. The molecule has 1 aliphatic rings. The summed E-state index contributed by atoms with van der Waals surface area (Å²) in [6, 6.07) is 8.00. The van der Waals surface area contributed by atoms with Crippen LogP contribution >= 0.6 is 0 Å². The van der Waals surface area contributed by atoms with Crippen molar-refractivity contribution in [3.05, 3.63) is 50.5 Å². The van der Waals surface area contributed by atoms with Crippen molar-refractivity contribution in [1.29, 1.82) is 0 Å². The van der Waals surface area contributed by atoms with Crippen LogP contribution in [0.4, 0.5) is 11.6 Å². The van der Waals surface area contributed by atoms with E-state index in [2.05, 4.69) is 5.10 Å². The molecule has 0 saturated heterocycles. The van der Waals surface area contributed by atoms with Crippen molar-refractivity contribution in [2.24, 2.45) is 7.05 Å². The topological polar surface area (TPSA) is 60.1 Å². The fraction of sp³-hybridized carbons (Fsp3) is 0.308. The maximum atomic E-state index is 11.9. The molecular weight excluding hydrogens is 244 g/mol. The van der Waals surface area contributed by atoms with E-state index in [1.165, 1.54) is 17.2 Å². The van der Waals surface area contributed by atoms with Crippen LogP contribution in [-0.4, -0.2) is 20.9 Å². The molecule has 6 nitrogen and oxygen atoms in total. The summed E-state index contributed by atoms with van der Waals surface area (Å²) >= 11 is 0. The highest BCUT2D eigenvalue weighted by Crippen LogP contribution is 2.26. The van der Waals surface area contributed by atoms with E-state index in [0.717, 1.165) is 10.4 Å². The van der Waals surface area contributed by atoms with E-state index in [0.29, 0.717) is 19.0 Å². The second kappa shape index (κ2) is 4.08. The van der Waals surface area contributed by atoms with Gasteiger partial charge in [0.15, 0.2) is 0 Å². The Kier molecular flexibility index (Phi) is 2.51. The second-order valence-corrected chi connectivity index (χ2v) is 4.67. The molecule has 0 N–H and O–H groups in total. The zero-order chi connectivity index (χ0) is 13.6. The first-order valence-electron chi connectivity index (χ1n) is 6.10. The lowest BCUT2D eigenvalue weighted by atomic mass is 10.2. The fourth-order valence-corrected chi connectivity index (χ4v) is 2.25. The molecule has 98 valence electrons. The predicted molar refractivity (Wildman–Crippen MR) is 71.9 cm³/mol. The quantitative estimate of drug-likeness (QED) is 0.695. The van der Waals surface area contributed by atoms with E-state index in [-0.39, 0.29) is 0 Å². The molecule has 1 aromatic carbocycles. The van der Waals surface area contributed by atoms with Gasteiger partial charge in [0.2, 0.25) is 5.95 Å². The normalized spacial score (nSPS) is 13.7. The molecule has 3 rings (SSSR count). The Labute approximate surface area is 109 Å². The van der Waals surface area contributed by atoms with Gasteiger partial charge in [0.25, 0.3) is 0 Å². The molecule has 0 unspecified atom stereocenters. The van der Waals surface area contributed by atoms with Crippen molar-refractivity contribution >= 4 is 11.6 Å². The maximum Gasteiger partial charge on any atom is 0.332 e. The smallest absolute Gasteiger partial charge is 0.309 e. The average molecular weight is 258 g/mol. The van der Waals surface area contributed by atoms with Crippen LogP contribution in [0.1, 0.15) is 5.56 Å². The summed E-state index contributed by atoms with van der Waals surface area (Å²) in [7, 11) is 1.50. The predicted octanol–water partition coefficient (Wildman–Crippen LogP) is 0.402. The molecule has 2 aromatic rings. The maximum absolute atomic E-state index is 11.9. The number of nitrogens with zero attached hydrogens (tertiary/aromatic N) is 4. The minimum Gasteiger partial charge on any atom is -0.309 e. The molecule has 2 heterocycles. The Bertz CT molecular complexity index is 743. The molecule has 1 aliphatic heterocycles. The molecule has 0 saturated carbocycles. The van der Waals surface area contributed by atoms with Gasteiger partial charge in [-0.05, 0) is 19.1 Å². The number of rotatable bonds is 1. The van der Waals surface area contributed by atoms with E-state index >= 15 is 0 Å². The van der Waals surface area contributed by atoms with Gasteiger partial charge in [-0.2, -0.15) is 0 Å². The van der Waals surface area contributed by atoms with Gasteiger partial charge in [-0.1, -0.05) is 17.7 Å². The Morgan fingerprint density at radius 3 is 2.42 bits per heavy atom. The monoisotopic (exact) mass is 258 g/mol. The highest BCUT2D eigenvalue weighted by atomic mass is 16.2. The first-order valence-corrected chi connectivity index (χ1v) is 6.10. The number of fused-ring (bicyclic) bond motifs is 1. The van der Waals surface area contributed by atoms with Crippen LogP contribution in [0, 0.1) is 6.92 Å². The highest BCUT2D eigenvalue weighted by molar-refractivity contribution is 5.59. The molecule has 0 amide bonds. The van der Waals surface area contributed by atoms with Crippen LogP contribution in [0.25, 0.3) is 0 Å². The van der Waals surface area contributed by atoms with Gasteiger partial charge in [-0.15, -0.1) is 5.10 Å². The largest absolute Gasteiger partial charge is 0.332 e. The number of hydrogen-bond acceptors (Lipinski definition) is 4. The van der Waals surface area contributed by atoms with Crippen LogP contribution in [0.3, 0.4) is 0 Å². The van der Waals surface area contributed by atoms with Gasteiger partial charge in [0, 0.05) is 25.8 Å². The lowest BCUT2D eigenvalue weighted by molar-refractivity contribution is 0.633. The third-order valence-electron chi connectivity index (χ3n) is 3.34. The fourth-order valence-electron chi connectivity index (χ4n) is 2.25. The van der Waals surface area contributed by atoms with E-state index in [9.17, 15) is 9.59 Å². The third-order valence-corrected chi connectivity index (χ3v) is 3.34. The Morgan fingerprint density at radius 2 is 1.74 bits per heavy atom. The van der Waals surface area contributed by atoms with Crippen molar-refractivity contribution < 1.29 is 0 Å². The van der Waals surface area contributed by atoms with Crippen LogP contribution in [0.15, 0.2) is 33.9 Å². The lowest BCUT2D eigenvalue weighted by Gasteiger charge is -2.17. The number of benzene rings is 1. The standard InChI is InChI=1S/C13H14N4O2/c1-9-3-5-10(6-4-9)16-7-8-17-12(19)11(18)15(2)14-13(16)17/h3-6H,7-8H2,1-2H3. The first-order chi connectivity index (χ1) is 9.08. The van der Waals surface area contributed by atoms with Crippen molar-refractivity contribution in [2.45, 2.75) is 13.5 Å².